The minimum absolute atomic E-state index is 0. The number of para-hydroxylation sites is 1. The fraction of sp³-hybridized carbons (Fsp3) is 0.143. The highest BCUT2D eigenvalue weighted by Crippen LogP contribution is 2.05. The molecule has 50 valence electrons. The molecule has 0 aromatic heterocycles. The maximum atomic E-state index is 4.91. The summed E-state index contributed by atoms with van der Waals surface area (Å²) in [5, 5.41) is 0. The molecular weight excluding hydrogens is 114 g/mol. The van der Waals surface area contributed by atoms with Crippen molar-refractivity contribution >= 4 is 0 Å². The molecule has 1 aromatic carbocycles. The summed E-state index contributed by atoms with van der Waals surface area (Å²) < 4.78 is 4.91. The quantitative estimate of drug-likeness (QED) is 0.622. The number of hydrogen-bond acceptors (Lipinski definition) is 2. The average Bonchev–Trinajstić information content (AvgIpc) is 1.90. The van der Waals surface area contributed by atoms with E-state index in [1.165, 1.54) is 0 Å². The van der Waals surface area contributed by atoms with Crippen molar-refractivity contribution in [1.29, 1.82) is 0 Å². The van der Waals surface area contributed by atoms with Crippen LogP contribution in [0.3, 0.4) is 0 Å². The Hall–Kier alpha value is -1.02. The van der Waals surface area contributed by atoms with Crippen molar-refractivity contribution in [1.82, 2.24) is 6.15 Å². The lowest BCUT2D eigenvalue weighted by atomic mass is 10.3. The molecule has 0 saturated heterocycles. The molecule has 0 heterocycles. The smallest absolute Gasteiger partial charge is 0.118 e. The van der Waals surface area contributed by atoms with Crippen LogP contribution < -0.4 is 10.9 Å². The third-order valence-corrected chi connectivity index (χ3v) is 0.979. The Bertz CT molecular complexity index is 150. The lowest BCUT2D eigenvalue weighted by molar-refractivity contribution is 0.415. The molecular formula is C7H11NO. The van der Waals surface area contributed by atoms with E-state index in [0.717, 1.165) is 5.75 Å². The SMILES string of the molecule is COc1ccccc1.N. The molecule has 3 N–H and O–H groups in total. The second-order valence-electron chi connectivity index (χ2n) is 1.52. The van der Waals surface area contributed by atoms with Crippen LogP contribution in [0.4, 0.5) is 0 Å². The lowest BCUT2D eigenvalue weighted by Gasteiger charge is -1.93. The van der Waals surface area contributed by atoms with Crippen LogP contribution >= 0.6 is 0 Å². The zero-order valence-corrected chi connectivity index (χ0v) is 5.50. The Morgan fingerprint density at radius 1 is 1.11 bits per heavy atom. The van der Waals surface area contributed by atoms with E-state index in [2.05, 4.69) is 0 Å². The van der Waals surface area contributed by atoms with E-state index in [9.17, 15) is 0 Å². The number of methoxy groups -OCH3 is 1. The van der Waals surface area contributed by atoms with Crippen molar-refractivity contribution in [3.05, 3.63) is 30.3 Å². The molecule has 0 aliphatic rings. The minimum atomic E-state index is 0. The van der Waals surface area contributed by atoms with Crippen LogP contribution in [0.2, 0.25) is 0 Å². The first kappa shape index (κ1) is 7.98. The number of rotatable bonds is 1. The van der Waals surface area contributed by atoms with E-state index in [1.807, 2.05) is 30.3 Å². The molecule has 0 amide bonds. The van der Waals surface area contributed by atoms with Crippen LogP contribution in [0.25, 0.3) is 0 Å². The fourth-order valence-electron chi connectivity index (χ4n) is 0.557. The minimum Gasteiger partial charge on any atom is -0.497 e. The van der Waals surface area contributed by atoms with Gasteiger partial charge in [0.15, 0.2) is 0 Å². The van der Waals surface area contributed by atoms with E-state index < -0.39 is 0 Å². The van der Waals surface area contributed by atoms with E-state index in [1.54, 1.807) is 7.11 Å². The molecule has 0 saturated carbocycles. The van der Waals surface area contributed by atoms with Crippen LogP contribution in [-0.4, -0.2) is 7.11 Å². The van der Waals surface area contributed by atoms with Gasteiger partial charge in [-0.2, -0.15) is 0 Å². The Balaban J connectivity index is 0.000000640. The maximum absolute atomic E-state index is 4.91. The topological polar surface area (TPSA) is 44.2 Å². The molecule has 2 nitrogen and oxygen atoms in total. The summed E-state index contributed by atoms with van der Waals surface area (Å²) in [6.07, 6.45) is 0. The third kappa shape index (κ3) is 2.15. The van der Waals surface area contributed by atoms with Gasteiger partial charge in [-0.3, -0.25) is 0 Å². The average molecular weight is 125 g/mol. The summed E-state index contributed by atoms with van der Waals surface area (Å²) in [6, 6.07) is 9.68. The summed E-state index contributed by atoms with van der Waals surface area (Å²) in [5.74, 6) is 0.910. The largest absolute Gasteiger partial charge is 0.497 e. The van der Waals surface area contributed by atoms with Crippen molar-refractivity contribution in [2.45, 2.75) is 0 Å². The number of hydrogen-bond donors (Lipinski definition) is 1. The van der Waals surface area contributed by atoms with Gasteiger partial charge in [-0.25, -0.2) is 0 Å². The van der Waals surface area contributed by atoms with E-state index in [4.69, 9.17) is 4.74 Å². The van der Waals surface area contributed by atoms with Gasteiger partial charge in [-0.1, -0.05) is 18.2 Å². The van der Waals surface area contributed by atoms with Crippen LogP contribution in [0, 0.1) is 0 Å². The zero-order valence-electron chi connectivity index (χ0n) is 5.50. The normalized spacial score (nSPS) is 7.67. The van der Waals surface area contributed by atoms with Gasteiger partial charge in [-0.05, 0) is 12.1 Å². The van der Waals surface area contributed by atoms with Crippen LogP contribution in [-0.2, 0) is 0 Å². The monoisotopic (exact) mass is 125 g/mol. The fourth-order valence-corrected chi connectivity index (χ4v) is 0.557. The summed E-state index contributed by atoms with van der Waals surface area (Å²) in [6.45, 7) is 0. The maximum Gasteiger partial charge on any atom is 0.118 e. The van der Waals surface area contributed by atoms with Crippen LogP contribution in [0.15, 0.2) is 30.3 Å². The van der Waals surface area contributed by atoms with Crippen molar-refractivity contribution in [3.63, 3.8) is 0 Å². The van der Waals surface area contributed by atoms with Gasteiger partial charge in [-0.15, -0.1) is 0 Å². The molecule has 0 radical (unpaired) electrons. The third-order valence-electron chi connectivity index (χ3n) is 0.979. The molecule has 2 heteroatoms. The standard InChI is InChI=1S/C7H8O.H3N/c1-8-7-5-3-2-4-6-7;/h2-6H,1H3;1H3. The zero-order chi connectivity index (χ0) is 5.82. The first-order valence-corrected chi connectivity index (χ1v) is 2.52. The van der Waals surface area contributed by atoms with Gasteiger partial charge in [0.25, 0.3) is 0 Å². The van der Waals surface area contributed by atoms with E-state index in [-0.39, 0.29) is 6.15 Å². The lowest BCUT2D eigenvalue weighted by Crippen LogP contribution is -1.78. The molecule has 0 aliphatic carbocycles. The Labute approximate surface area is 55.0 Å². The summed E-state index contributed by atoms with van der Waals surface area (Å²) in [4.78, 5) is 0. The summed E-state index contributed by atoms with van der Waals surface area (Å²) in [5.41, 5.74) is 0. The number of ether oxygens (including phenoxy) is 1. The Morgan fingerprint density at radius 3 is 2.00 bits per heavy atom. The molecule has 0 aliphatic heterocycles. The molecule has 0 spiro atoms. The highest BCUT2D eigenvalue weighted by atomic mass is 16.5. The van der Waals surface area contributed by atoms with Gasteiger partial charge in [0.05, 0.1) is 7.11 Å². The van der Waals surface area contributed by atoms with Crippen LogP contribution in [0.1, 0.15) is 0 Å². The van der Waals surface area contributed by atoms with Crippen LogP contribution in [0.5, 0.6) is 5.75 Å². The van der Waals surface area contributed by atoms with Crippen molar-refractivity contribution < 1.29 is 4.74 Å². The Morgan fingerprint density at radius 2 is 1.67 bits per heavy atom. The van der Waals surface area contributed by atoms with Crippen molar-refractivity contribution in [3.8, 4) is 5.75 Å². The molecule has 1 aromatic rings. The predicted molar refractivity (Wildman–Crippen MR) is 38.0 cm³/mol. The molecule has 1 rings (SSSR count). The van der Waals surface area contributed by atoms with Gasteiger partial charge in [0.2, 0.25) is 0 Å². The summed E-state index contributed by atoms with van der Waals surface area (Å²) >= 11 is 0. The van der Waals surface area contributed by atoms with E-state index >= 15 is 0 Å². The van der Waals surface area contributed by atoms with Crippen molar-refractivity contribution in [2.75, 3.05) is 7.11 Å². The highest BCUT2D eigenvalue weighted by Gasteiger charge is 1.80. The highest BCUT2D eigenvalue weighted by molar-refractivity contribution is 5.20. The number of benzene rings is 1. The van der Waals surface area contributed by atoms with Gasteiger partial charge in [0.1, 0.15) is 5.75 Å². The first-order valence-electron chi connectivity index (χ1n) is 2.52. The van der Waals surface area contributed by atoms with Gasteiger partial charge >= 0.3 is 0 Å². The van der Waals surface area contributed by atoms with E-state index in [0.29, 0.717) is 0 Å². The molecule has 0 atom stereocenters. The molecule has 9 heavy (non-hydrogen) atoms. The first-order chi connectivity index (χ1) is 3.93. The predicted octanol–water partition coefficient (Wildman–Crippen LogP) is 1.86. The second kappa shape index (κ2) is 3.92. The molecule has 0 fully saturated rings. The Kier molecular flexibility index (Phi) is 3.48. The van der Waals surface area contributed by atoms with Gasteiger partial charge < -0.3 is 10.9 Å². The van der Waals surface area contributed by atoms with Crippen molar-refractivity contribution in [2.24, 2.45) is 0 Å². The summed E-state index contributed by atoms with van der Waals surface area (Å²) in [7, 11) is 1.66. The molecule has 0 bridgehead atoms. The van der Waals surface area contributed by atoms with Gasteiger partial charge in [0, 0.05) is 0 Å². The second-order valence-corrected chi connectivity index (χ2v) is 1.52. The molecule has 0 unspecified atom stereocenters.